The van der Waals surface area contributed by atoms with Crippen LogP contribution in [0.1, 0.15) is 61.9 Å². The number of halogens is 1. The molecule has 34 heavy (non-hydrogen) atoms. The molecule has 0 N–H and O–H groups in total. The highest BCUT2D eigenvalue weighted by atomic mass is 19.1. The van der Waals surface area contributed by atoms with Crippen LogP contribution in [-0.2, 0) is 24.2 Å². The summed E-state index contributed by atoms with van der Waals surface area (Å²) in [7, 11) is 0. The Morgan fingerprint density at radius 1 is 1.03 bits per heavy atom. The van der Waals surface area contributed by atoms with Gasteiger partial charge in [0.15, 0.2) is 5.82 Å². The fraction of sp³-hybridized carbons (Fsp3) is 0.444. The minimum atomic E-state index is -0.463. The van der Waals surface area contributed by atoms with Gasteiger partial charge in [0.1, 0.15) is 0 Å². The molecule has 0 radical (unpaired) electrons. The predicted molar refractivity (Wildman–Crippen MR) is 129 cm³/mol. The highest BCUT2D eigenvalue weighted by Crippen LogP contribution is 2.41. The van der Waals surface area contributed by atoms with E-state index in [9.17, 15) is 9.18 Å². The van der Waals surface area contributed by atoms with Gasteiger partial charge >= 0.3 is 0 Å². The van der Waals surface area contributed by atoms with Crippen molar-refractivity contribution < 1.29 is 9.18 Å². The van der Waals surface area contributed by atoms with Crippen LogP contribution < -0.4 is 4.90 Å². The summed E-state index contributed by atoms with van der Waals surface area (Å²) in [6, 6.07) is 10.1. The molecule has 0 unspecified atom stereocenters. The number of nitrogens with zero attached hydrogens (tertiary/aromatic N) is 5. The van der Waals surface area contributed by atoms with Crippen LogP contribution in [0.3, 0.4) is 0 Å². The average molecular weight is 460 g/mol. The second-order valence-electron chi connectivity index (χ2n) is 9.79. The van der Waals surface area contributed by atoms with E-state index in [-0.39, 0.29) is 5.91 Å². The SMILES string of the molecule is CC(=O)N1CCc2c(c(N3CCCc4cc(-c5ccc(F)nc5)ccc43)nn2C2CCCC2)C1. The molecule has 2 aliphatic heterocycles. The smallest absolute Gasteiger partial charge is 0.219 e. The van der Waals surface area contributed by atoms with Crippen LogP contribution in [-0.4, -0.2) is 38.7 Å². The molecule has 3 aromatic rings. The lowest BCUT2D eigenvalue weighted by molar-refractivity contribution is -0.129. The molecule has 6 rings (SSSR count). The standard InChI is InChI=1S/C27H30FN5O/c1-18(34)31-14-12-25-23(17-31)27(30-33(25)22-6-2-3-7-22)32-13-4-5-20-15-19(8-10-24(20)32)21-9-11-26(28)29-16-21/h8-11,15-16,22H,2-7,12-14,17H2,1H3. The number of carbonyl (C=O) groups excluding carboxylic acids is 1. The Morgan fingerprint density at radius 2 is 1.85 bits per heavy atom. The predicted octanol–water partition coefficient (Wildman–Crippen LogP) is 5.19. The number of rotatable bonds is 3. The summed E-state index contributed by atoms with van der Waals surface area (Å²) >= 11 is 0. The van der Waals surface area contributed by atoms with Crippen molar-refractivity contribution in [1.29, 1.82) is 0 Å². The molecule has 4 heterocycles. The molecular weight excluding hydrogens is 429 g/mol. The van der Waals surface area contributed by atoms with Gasteiger partial charge in [-0.2, -0.15) is 9.49 Å². The number of anilines is 2. The lowest BCUT2D eigenvalue weighted by atomic mass is 9.96. The van der Waals surface area contributed by atoms with E-state index in [1.807, 2.05) is 4.90 Å². The first-order valence-corrected chi connectivity index (χ1v) is 12.5. The maximum absolute atomic E-state index is 13.3. The summed E-state index contributed by atoms with van der Waals surface area (Å²) < 4.78 is 15.6. The zero-order valence-corrected chi connectivity index (χ0v) is 19.6. The first-order valence-electron chi connectivity index (χ1n) is 12.5. The number of pyridine rings is 1. The van der Waals surface area contributed by atoms with E-state index in [4.69, 9.17) is 5.10 Å². The monoisotopic (exact) mass is 459 g/mol. The Hall–Kier alpha value is -3.22. The zero-order valence-electron chi connectivity index (χ0n) is 19.6. The van der Waals surface area contributed by atoms with Gasteiger partial charge in [-0.05, 0) is 61.1 Å². The van der Waals surface area contributed by atoms with Crippen molar-refractivity contribution in [3.05, 3.63) is 59.3 Å². The Morgan fingerprint density at radius 3 is 2.62 bits per heavy atom. The van der Waals surface area contributed by atoms with Crippen LogP contribution in [0, 0.1) is 5.95 Å². The maximum atomic E-state index is 13.3. The molecule has 1 aliphatic carbocycles. The van der Waals surface area contributed by atoms with Gasteiger partial charge in [-0.15, -0.1) is 0 Å². The van der Waals surface area contributed by atoms with E-state index in [1.54, 1.807) is 19.2 Å². The molecule has 0 atom stereocenters. The van der Waals surface area contributed by atoms with Gasteiger partial charge in [-0.3, -0.25) is 9.48 Å². The fourth-order valence-electron chi connectivity index (χ4n) is 5.91. The molecule has 1 amide bonds. The molecule has 0 saturated heterocycles. The Kier molecular flexibility index (Phi) is 5.35. The number of hydrogen-bond acceptors (Lipinski definition) is 4. The number of aromatic nitrogens is 3. The van der Waals surface area contributed by atoms with Gasteiger partial charge in [0.2, 0.25) is 11.9 Å². The van der Waals surface area contributed by atoms with Crippen LogP contribution in [0.2, 0.25) is 0 Å². The molecule has 2 aromatic heterocycles. The summed E-state index contributed by atoms with van der Waals surface area (Å²) in [6.45, 7) is 3.98. The average Bonchev–Trinajstić information content (AvgIpc) is 3.51. The molecule has 1 aromatic carbocycles. The summed E-state index contributed by atoms with van der Waals surface area (Å²) in [4.78, 5) is 20.3. The van der Waals surface area contributed by atoms with Crippen LogP contribution >= 0.6 is 0 Å². The molecule has 7 heteroatoms. The van der Waals surface area contributed by atoms with E-state index in [0.29, 0.717) is 12.6 Å². The van der Waals surface area contributed by atoms with E-state index in [2.05, 4.69) is 32.8 Å². The summed E-state index contributed by atoms with van der Waals surface area (Å²) in [5.74, 6) is 0.682. The van der Waals surface area contributed by atoms with Gasteiger partial charge in [0, 0.05) is 55.1 Å². The van der Waals surface area contributed by atoms with Gasteiger partial charge in [0.05, 0.1) is 12.6 Å². The first kappa shape index (κ1) is 21.3. The number of aryl methyl sites for hydroxylation is 1. The zero-order chi connectivity index (χ0) is 23.2. The van der Waals surface area contributed by atoms with Crippen molar-refractivity contribution in [2.75, 3.05) is 18.0 Å². The molecule has 1 fully saturated rings. The Bertz CT molecular complexity index is 1230. The van der Waals surface area contributed by atoms with Crippen LogP contribution in [0.4, 0.5) is 15.9 Å². The van der Waals surface area contributed by atoms with E-state index in [0.717, 1.165) is 49.3 Å². The van der Waals surface area contributed by atoms with E-state index < -0.39 is 5.95 Å². The van der Waals surface area contributed by atoms with Crippen LogP contribution in [0.5, 0.6) is 0 Å². The second kappa shape index (κ2) is 8.53. The summed E-state index contributed by atoms with van der Waals surface area (Å²) in [5.41, 5.74) is 6.96. The highest BCUT2D eigenvalue weighted by Gasteiger charge is 2.33. The number of hydrogen-bond donors (Lipinski definition) is 0. The number of carbonyl (C=O) groups is 1. The minimum Gasteiger partial charge on any atom is -0.338 e. The van der Waals surface area contributed by atoms with Gasteiger partial charge in [0.25, 0.3) is 0 Å². The normalized spacial score (nSPS) is 18.2. The molecule has 3 aliphatic rings. The quantitative estimate of drug-likeness (QED) is 0.506. The topological polar surface area (TPSA) is 54.3 Å². The van der Waals surface area contributed by atoms with Gasteiger partial charge < -0.3 is 9.80 Å². The molecule has 1 saturated carbocycles. The van der Waals surface area contributed by atoms with Crippen molar-refractivity contribution in [3.8, 4) is 11.1 Å². The van der Waals surface area contributed by atoms with Crippen LogP contribution in [0.15, 0.2) is 36.5 Å². The van der Waals surface area contributed by atoms with Gasteiger partial charge in [-0.1, -0.05) is 18.9 Å². The van der Waals surface area contributed by atoms with E-state index >= 15 is 0 Å². The molecule has 0 bridgehead atoms. The van der Waals surface area contributed by atoms with Crippen molar-refractivity contribution in [2.45, 2.75) is 64.5 Å². The van der Waals surface area contributed by atoms with Crippen LogP contribution in [0.25, 0.3) is 11.1 Å². The van der Waals surface area contributed by atoms with Crippen molar-refractivity contribution in [2.24, 2.45) is 0 Å². The van der Waals surface area contributed by atoms with Crippen molar-refractivity contribution >= 4 is 17.4 Å². The van der Waals surface area contributed by atoms with Crippen molar-refractivity contribution in [1.82, 2.24) is 19.7 Å². The fourth-order valence-corrected chi connectivity index (χ4v) is 5.91. The minimum absolute atomic E-state index is 0.127. The lowest BCUT2D eigenvalue weighted by Crippen LogP contribution is -2.35. The first-order chi connectivity index (χ1) is 16.6. The second-order valence-corrected chi connectivity index (χ2v) is 9.79. The Balaban J connectivity index is 1.41. The number of amides is 1. The third kappa shape index (κ3) is 3.67. The third-order valence-corrected chi connectivity index (χ3v) is 7.70. The Labute approximate surface area is 199 Å². The largest absolute Gasteiger partial charge is 0.338 e. The highest BCUT2D eigenvalue weighted by molar-refractivity contribution is 5.76. The molecular formula is C27H30FN5O. The third-order valence-electron chi connectivity index (χ3n) is 7.70. The molecule has 6 nitrogen and oxygen atoms in total. The maximum Gasteiger partial charge on any atom is 0.219 e. The number of benzene rings is 1. The summed E-state index contributed by atoms with van der Waals surface area (Å²) in [5, 5.41) is 5.23. The van der Waals surface area contributed by atoms with Gasteiger partial charge in [-0.25, -0.2) is 4.98 Å². The molecule has 176 valence electrons. The summed E-state index contributed by atoms with van der Waals surface area (Å²) in [6.07, 6.45) is 9.41. The lowest BCUT2D eigenvalue weighted by Gasteiger charge is -2.32. The van der Waals surface area contributed by atoms with Crippen molar-refractivity contribution in [3.63, 3.8) is 0 Å². The molecule has 0 spiro atoms. The number of fused-ring (bicyclic) bond motifs is 2. The van der Waals surface area contributed by atoms with E-state index in [1.165, 1.54) is 54.3 Å².